The number of morpholine rings is 1. The second kappa shape index (κ2) is 6.32. The summed E-state index contributed by atoms with van der Waals surface area (Å²) in [4.78, 5) is 12.8. The highest BCUT2D eigenvalue weighted by Crippen LogP contribution is 2.33. The highest BCUT2D eigenvalue weighted by molar-refractivity contribution is 5.94. The number of benzene rings is 1. The van der Waals surface area contributed by atoms with E-state index in [-0.39, 0.29) is 18.0 Å². The Hall–Kier alpha value is -1.47. The van der Waals surface area contributed by atoms with Crippen molar-refractivity contribution in [3.63, 3.8) is 0 Å². The second-order valence-electron chi connectivity index (χ2n) is 4.13. The number of halogens is 4. The third-order valence-electron chi connectivity index (χ3n) is 2.91. The van der Waals surface area contributed by atoms with E-state index in [0.29, 0.717) is 38.1 Å². The normalized spacial score (nSPS) is 15.7. The third kappa shape index (κ3) is 3.55. The van der Waals surface area contributed by atoms with Gasteiger partial charge in [-0.1, -0.05) is 0 Å². The first-order valence-electron chi connectivity index (χ1n) is 5.67. The number of hydrogen-bond donors (Lipinski definition) is 1. The van der Waals surface area contributed by atoms with Gasteiger partial charge >= 0.3 is 12.1 Å². The van der Waals surface area contributed by atoms with Crippen LogP contribution >= 0.6 is 12.4 Å². The molecule has 8 heteroatoms. The molecule has 1 aromatic rings. The topological polar surface area (TPSA) is 49.8 Å². The van der Waals surface area contributed by atoms with Gasteiger partial charge in [0, 0.05) is 13.1 Å². The molecule has 1 saturated heterocycles. The lowest BCUT2D eigenvalue weighted by Gasteiger charge is -2.30. The predicted octanol–water partition coefficient (Wildman–Crippen LogP) is 2.66. The number of alkyl halides is 3. The number of hydrogen-bond acceptors (Lipinski definition) is 3. The number of anilines is 1. The minimum Gasteiger partial charge on any atom is -0.478 e. The summed E-state index contributed by atoms with van der Waals surface area (Å²) in [5.74, 6) is -1.37. The summed E-state index contributed by atoms with van der Waals surface area (Å²) in [5, 5.41) is 9.06. The van der Waals surface area contributed by atoms with Crippen LogP contribution < -0.4 is 4.90 Å². The van der Waals surface area contributed by atoms with Gasteiger partial charge in [0.1, 0.15) is 0 Å². The summed E-state index contributed by atoms with van der Waals surface area (Å²) in [6, 6.07) is 2.78. The van der Waals surface area contributed by atoms with Crippen molar-refractivity contribution < 1.29 is 27.8 Å². The predicted molar refractivity (Wildman–Crippen MR) is 68.7 cm³/mol. The first-order chi connectivity index (χ1) is 8.89. The van der Waals surface area contributed by atoms with Crippen molar-refractivity contribution in [3.8, 4) is 0 Å². The molecule has 0 unspecified atom stereocenters. The first-order valence-corrected chi connectivity index (χ1v) is 5.67. The molecule has 0 amide bonds. The van der Waals surface area contributed by atoms with Gasteiger partial charge in [-0.15, -0.1) is 12.4 Å². The lowest BCUT2D eigenvalue weighted by atomic mass is 10.1. The van der Waals surface area contributed by atoms with Gasteiger partial charge in [0.15, 0.2) is 0 Å². The molecular weight excluding hydrogens is 299 g/mol. The van der Waals surface area contributed by atoms with Crippen LogP contribution in [0.4, 0.5) is 18.9 Å². The fourth-order valence-electron chi connectivity index (χ4n) is 1.96. The number of carbonyl (C=O) groups is 1. The summed E-state index contributed by atoms with van der Waals surface area (Å²) in [5.41, 5.74) is -0.998. The zero-order valence-electron chi connectivity index (χ0n) is 10.3. The molecule has 2 rings (SSSR count). The zero-order valence-corrected chi connectivity index (χ0v) is 11.1. The van der Waals surface area contributed by atoms with Gasteiger partial charge < -0.3 is 14.7 Å². The van der Waals surface area contributed by atoms with E-state index in [2.05, 4.69) is 0 Å². The average molecular weight is 312 g/mol. The van der Waals surface area contributed by atoms with Crippen molar-refractivity contribution in [2.75, 3.05) is 31.2 Å². The van der Waals surface area contributed by atoms with Crippen LogP contribution in [0, 0.1) is 0 Å². The van der Waals surface area contributed by atoms with Crippen molar-refractivity contribution in [2.45, 2.75) is 6.18 Å². The number of carboxylic acid groups (broad SMARTS) is 1. The van der Waals surface area contributed by atoms with Gasteiger partial charge in [-0.3, -0.25) is 0 Å². The molecule has 0 atom stereocenters. The average Bonchev–Trinajstić information content (AvgIpc) is 2.38. The molecule has 1 fully saturated rings. The maximum Gasteiger partial charge on any atom is 0.416 e. The Balaban J connectivity index is 0.00000200. The standard InChI is InChI=1S/C12H12F3NO3.ClH/c13-12(14,15)8-1-2-10(9(7-8)11(17)18)16-3-5-19-6-4-16;/h1-2,7H,3-6H2,(H,17,18);1H. The van der Waals surface area contributed by atoms with Gasteiger partial charge in [-0.25, -0.2) is 4.79 Å². The number of nitrogens with zero attached hydrogens (tertiary/aromatic N) is 1. The molecule has 20 heavy (non-hydrogen) atoms. The molecule has 0 radical (unpaired) electrons. The van der Waals surface area contributed by atoms with Crippen LogP contribution in [0.25, 0.3) is 0 Å². The maximum atomic E-state index is 12.6. The quantitative estimate of drug-likeness (QED) is 0.912. The molecule has 0 bridgehead atoms. The Labute approximate surface area is 119 Å². The van der Waals surface area contributed by atoms with Crippen LogP contribution in [0.3, 0.4) is 0 Å². The van der Waals surface area contributed by atoms with E-state index in [1.807, 2.05) is 0 Å². The van der Waals surface area contributed by atoms with E-state index in [9.17, 15) is 18.0 Å². The Kier molecular flexibility index (Phi) is 5.24. The Morgan fingerprint density at radius 1 is 1.25 bits per heavy atom. The van der Waals surface area contributed by atoms with Gasteiger partial charge in [0.05, 0.1) is 30.0 Å². The minimum absolute atomic E-state index is 0. The van der Waals surface area contributed by atoms with Gasteiger partial charge in [-0.2, -0.15) is 13.2 Å². The molecule has 112 valence electrons. The SMILES string of the molecule is Cl.O=C(O)c1cc(C(F)(F)F)ccc1N1CCOCC1. The van der Waals surface area contributed by atoms with Crippen LogP contribution in [0.5, 0.6) is 0 Å². The monoisotopic (exact) mass is 311 g/mol. The summed E-state index contributed by atoms with van der Waals surface area (Å²) in [6.45, 7) is 1.79. The number of ether oxygens (including phenoxy) is 1. The van der Waals surface area contributed by atoms with Crippen LogP contribution in [0.15, 0.2) is 18.2 Å². The lowest BCUT2D eigenvalue weighted by Crippen LogP contribution is -2.37. The maximum absolute atomic E-state index is 12.6. The smallest absolute Gasteiger partial charge is 0.416 e. The fraction of sp³-hybridized carbons (Fsp3) is 0.417. The largest absolute Gasteiger partial charge is 0.478 e. The van der Waals surface area contributed by atoms with Crippen LogP contribution in [0.1, 0.15) is 15.9 Å². The molecule has 0 spiro atoms. The molecule has 4 nitrogen and oxygen atoms in total. The number of rotatable bonds is 2. The highest BCUT2D eigenvalue weighted by Gasteiger charge is 2.32. The van der Waals surface area contributed by atoms with E-state index in [1.165, 1.54) is 6.07 Å². The van der Waals surface area contributed by atoms with Crippen molar-refractivity contribution >= 4 is 24.1 Å². The first kappa shape index (κ1) is 16.6. The number of aromatic carboxylic acids is 1. The summed E-state index contributed by atoms with van der Waals surface area (Å²) in [7, 11) is 0. The summed E-state index contributed by atoms with van der Waals surface area (Å²) >= 11 is 0. The van der Waals surface area contributed by atoms with E-state index in [0.717, 1.165) is 6.07 Å². The van der Waals surface area contributed by atoms with Crippen molar-refractivity contribution in [3.05, 3.63) is 29.3 Å². The van der Waals surface area contributed by atoms with Crippen molar-refractivity contribution in [1.82, 2.24) is 0 Å². The molecule has 0 saturated carbocycles. The third-order valence-corrected chi connectivity index (χ3v) is 2.91. The summed E-state index contributed by atoms with van der Waals surface area (Å²) in [6.07, 6.45) is -4.55. The van der Waals surface area contributed by atoms with Crippen LogP contribution in [-0.4, -0.2) is 37.4 Å². The number of carboxylic acids is 1. The molecule has 1 aromatic carbocycles. The Bertz CT molecular complexity index is 487. The van der Waals surface area contributed by atoms with Gasteiger partial charge in [-0.05, 0) is 18.2 Å². The van der Waals surface area contributed by atoms with Gasteiger partial charge in [0.2, 0.25) is 0 Å². The Morgan fingerprint density at radius 2 is 1.85 bits per heavy atom. The molecule has 1 heterocycles. The van der Waals surface area contributed by atoms with Crippen LogP contribution in [0.2, 0.25) is 0 Å². The fourth-order valence-corrected chi connectivity index (χ4v) is 1.96. The Morgan fingerprint density at radius 3 is 2.35 bits per heavy atom. The molecule has 0 aliphatic carbocycles. The van der Waals surface area contributed by atoms with E-state index >= 15 is 0 Å². The van der Waals surface area contributed by atoms with E-state index in [4.69, 9.17) is 9.84 Å². The molecule has 1 N–H and O–H groups in total. The van der Waals surface area contributed by atoms with Crippen LogP contribution in [-0.2, 0) is 10.9 Å². The van der Waals surface area contributed by atoms with Gasteiger partial charge in [0.25, 0.3) is 0 Å². The zero-order chi connectivity index (χ0) is 14.0. The van der Waals surface area contributed by atoms with Crippen molar-refractivity contribution in [2.24, 2.45) is 0 Å². The van der Waals surface area contributed by atoms with E-state index in [1.54, 1.807) is 4.90 Å². The minimum atomic E-state index is -4.55. The highest BCUT2D eigenvalue weighted by atomic mass is 35.5. The van der Waals surface area contributed by atoms with Crippen molar-refractivity contribution in [1.29, 1.82) is 0 Å². The second-order valence-corrected chi connectivity index (χ2v) is 4.13. The lowest BCUT2D eigenvalue weighted by molar-refractivity contribution is -0.137. The van der Waals surface area contributed by atoms with E-state index < -0.39 is 17.7 Å². The summed E-state index contributed by atoms with van der Waals surface area (Å²) < 4.78 is 42.9. The molecule has 1 aliphatic rings. The molecule has 0 aromatic heterocycles. The molecular formula is C12H13ClF3NO3. The molecule has 1 aliphatic heterocycles.